The summed E-state index contributed by atoms with van der Waals surface area (Å²) in [4.78, 5) is 115. The molecule has 20 nitrogen and oxygen atoms in total. The molecular weight excluding hydrogens is 977 g/mol. The molecule has 4 atom stereocenters. The average molecular weight is 1050 g/mol. The van der Waals surface area contributed by atoms with Crippen molar-refractivity contribution in [3.8, 4) is 0 Å². The van der Waals surface area contributed by atoms with Crippen molar-refractivity contribution in [2.24, 2.45) is 0 Å². The lowest BCUT2D eigenvalue weighted by Gasteiger charge is -2.34. The zero-order valence-corrected chi connectivity index (χ0v) is 43.9. The van der Waals surface area contributed by atoms with Gasteiger partial charge in [-0.3, -0.25) is 38.8 Å². The molecule has 4 amide bonds. The third kappa shape index (κ3) is 21.0. The van der Waals surface area contributed by atoms with Crippen LogP contribution in [0.1, 0.15) is 22.3 Å². The summed E-state index contributed by atoms with van der Waals surface area (Å²) in [6.45, 7) is 1.02. The van der Waals surface area contributed by atoms with E-state index in [1.165, 1.54) is 28.4 Å². The van der Waals surface area contributed by atoms with Gasteiger partial charge in [0.1, 0.15) is 24.2 Å². The van der Waals surface area contributed by atoms with Gasteiger partial charge < -0.3 is 40.2 Å². The quantitative estimate of drug-likeness (QED) is 0.0562. The van der Waals surface area contributed by atoms with Crippen LogP contribution in [0.4, 0.5) is 0 Å². The van der Waals surface area contributed by atoms with Crippen molar-refractivity contribution in [3.05, 3.63) is 144 Å². The Morgan fingerprint density at radius 3 is 0.658 bits per heavy atom. The molecule has 0 aliphatic carbocycles. The second kappa shape index (κ2) is 32.0. The molecule has 4 N–H and O–H groups in total. The van der Waals surface area contributed by atoms with E-state index >= 15 is 0 Å². The molecule has 76 heavy (non-hydrogen) atoms. The summed E-state index contributed by atoms with van der Waals surface area (Å²) >= 11 is 0. The van der Waals surface area contributed by atoms with E-state index in [-0.39, 0.29) is 104 Å². The molecule has 0 spiro atoms. The number of hydrogen-bond donors (Lipinski definition) is 4. The number of benzene rings is 4. The lowest BCUT2D eigenvalue weighted by Crippen LogP contribution is -2.54. The molecule has 1 aliphatic heterocycles. The van der Waals surface area contributed by atoms with Gasteiger partial charge in [-0.05, 0) is 22.3 Å². The lowest BCUT2D eigenvalue weighted by atomic mass is 10.1. The molecule has 0 saturated carbocycles. The summed E-state index contributed by atoms with van der Waals surface area (Å²) in [5, 5.41) is 11.4. The van der Waals surface area contributed by atoms with Gasteiger partial charge in [0, 0.05) is 78.0 Å². The maximum Gasteiger partial charge on any atom is 0.328 e. The number of ether oxygens (including phenoxy) is 4. The Bertz CT molecular complexity index is 2120. The molecule has 4 aromatic carbocycles. The molecule has 4 aromatic rings. The van der Waals surface area contributed by atoms with E-state index in [1.807, 2.05) is 141 Å². The van der Waals surface area contributed by atoms with E-state index in [2.05, 4.69) is 21.3 Å². The van der Waals surface area contributed by atoms with E-state index in [0.29, 0.717) is 0 Å². The zero-order chi connectivity index (χ0) is 54.7. The summed E-state index contributed by atoms with van der Waals surface area (Å²) in [7, 11) is 5.00. The van der Waals surface area contributed by atoms with Crippen molar-refractivity contribution in [1.29, 1.82) is 0 Å². The number of rotatable bonds is 24. The van der Waals surface area contributed by atoms with Crippen LogP contribution in [0, 0.1) is 0 Å². The normalized spacial score (nSPS) is 15.6. The summed E-state index contributed by atoms with van der Waals surface area (Å²) in [6, 6.07) is 32.8. The van der Waals surface area contributed by atoms with E-state index in [4.69, 9.17) is 18.9 Å². The Morgan fingerprint density at radius 2 is 0.500 bits per heavy atom. The van der Waals surface area contributed by atoms with Gasteiger partial charge in [-0.1, -0.05) is 121 Å². The second-order valence-corrected chi connectivity index (χ2v) is 18.4. The fraction of sp³-hybridized carbons (Fsp3) is 0.429. The Kier molecular flexibility index (Phi) is 25.0. The Morgan fingerprint density at radius 1 is 0.329 bits per heavy atom. The van der Waals surface area contributed by atoms with Crippen LogP contribution in [-0.4, -0.2) is 198 Å². The van der Waals surface area contributed by atoms with Crippen LogP contribution >= 0.6 is 0 Å². The van der Waals surface area contributed by atoms with Gasteiger partial charge in [-0.15, -0.1) is 0 Å². The highest BCUT2D eigenvalue weighted by atomic mass is 16.5. The Hall–Kier alpha value is -7.52. The molecule has 20 heteroatoms. The molecule has 1 fully saturated rings. The monoisotopic (exact) mass is 1050 g/mol. The minimum atomic E-state index is -0.991. The number of methoxy groups -OCH3 is 4. The average Bonchev–Trinajstić information content (AvgIpc) is 3.43. The minimum absolute atomic E-state index is 0.179. The van der Waals surface area contributed by atoms with Crippen molar-refractivity contribution in [1.82, 2.24) is 40.9 Å². The smallest absolute Gasteiger partial charge is 0.328 e. The lowest BCUT2D eigenvalue weighted by molar-refractivity contribution is -0.145. The first-order valence-electron chi connectivity index (χ1n) is 25.3. The SMILES string of the molecule is COC(=O)[C@H](Cc1ccccc1)NC(=O)CN1CCN(CC(=O)N[C@@H](Cc2ccccc2)C(=O)OC)CCN(CC(=O)N[C@@H](Cc2ccccc2)C(=O)OC)CCN(CC(=O)N[C@@H](Cc2ccccc2)C(=O)OC)CC1. The maximum atomic E-state index is 14.0. The van der Waals surface area contributed by atoms with Crippen molar-refractivity contribution in [2.45, 2.75) is 49.9 Å². The number of carbonyl (C=O) groups excluding carboxylic acids is 8. The fourth-order valence-electron chi connectivity index (χ4n) is 8.72. The minimum Gasteiger partial charge on any atom is -0.467 e. The highest BCUT2D eigenvalue weighted by Crippen LogP contribution is 2.11. The fourth-order valence-corrected chi connectivity index (χ4v) is 8.72. The van der Waals surface area contributed by atoms with Crippen LogP contribution in [-0.2, 0) is 83.0 Å². The van der Waals surface area contributed by atoms with Gasteiger partial charge in [0.05, 0.1) is 54.6 Å². The van der Waals surface area contributed by atoms with Crippen LogP contribution in [0.2, 0.25) is 0 Å². The van der Waals surface area contributed by atoms with E-state index in [9.17, 15) is 38.4 Å². The number of hydrogen-bond acceptors (Lipinski definition) is 16. The standard InChI is InChI=1S/C56H72N8O12/c1-73-53(69)45(33-41-17-9-5-10-18-41)57-49(65)37-61-25-27-62(38-50(66)58-46(54(70)74-2)34-42-19-11-6-12-20-42)29-31-64(40-52(68)60-48(56(72)76-4)36-44-23-15-8-16-24-44)32-30-63(28-26-61)39-51(67)59-47(55(71)75-3)35-43-21-13-7-14-22-43/h5-24,45-48H,25-40H2,1-4H3,(H,57,65)(H,58,66)(H,59,67)(H,60,68)/t45-,46-,47-,48-/m0/s1. The van der Waals surface area contributed by atoms with Gasteiger partial charge >= 0.3 is 23.9 Å². The molecular formula is C56H72N8O12. The molecule has 1 aliphatic rings. The van der Waals surface area contributed by atoms with Crippen LogP contribution in [0.3, 0.4) is 0 Å². The van der Waals surface area contributed by atoms with Gasteiger partial charge in [-0.2, -0.15) is 0 Å². The van der Waals surface area contributed by atoms with Crippen molar-refractivity contribution < 1.29 is 57.3 Å². The number of esters is 4. The van der Waals surface area contributed by atoms with Crippen LogP contribution in [0.5, 0.6) is 0 Å². The van der Waals surface area contributed by atoms with Gasteiger partial charge in [0.25, 0.3) is 0 Å². The first kappa shape index (κ1) is 59.4. The molecule has 0 aromatic heterocycles. The van der Waals surface area contributed by atoms with E-state index in [0.717, 1.165) is 22.3 Å². The molecule has 5 rings (SSSR count). The number of nitrogens with zero attached hydrogens (tertiary/aromatic N) is 4. The topological polar surface area (TPSA) is 235 Å². The van der Waals surface area contributed by atoms with Crippen LogP contribution < -0.4 is 21.3 Å². The molecule has 0 unspecified atom stereocenters. The van der Waals surface area contributed by atoms with Crippen molar-refractivity contribution in [3.63, 3.8) is 0 Å². The first-order chi connectivity index (χ1) is 36.7. The Labute approximate surface area is 444 Å². The first-order valence-corrected chi connectivity index (χ1v) is 25.3. The van der Waals surface area contributed by atoms with E-state index < -0.39 is 71.7 Å². The third-order valence-corrected chi connectivity index (χ3v) is 12.8. The number of nitrogens with one attached hydrogen (secondary N) is 4. The van der Waals surface area contributed by atoms with Gasteiger partial charge in [0.15, 0.2) is 0 Å². The van der Waals surface area contributed by atoms with Crippen LogP contribution in [0.25, 0.3) is 0 Å². The predicted molar refractivity (Wildman–Crippen MR) is 282 cm³/mol. The molecule has 408 valence electrons. The largest absolute Gasteiger partial charge is 0.467 e. The van der Waals surface area contributed by atoms with Gasteiger partial charge in [-0.25, -0.2) is 19.2 Å². The Balaban J connectivity index is 1.42. The zero-order valence-electron chi connectivity index (χ0n) is 43.9. The highest BCUT2D eigenvalue weighted by Gasteiger charge is 2.29. The highest BCUT2D eigenvalue weighted by molar-refractivity contribution is 5.88. The van der Waals surface area contributed by atoms with Crippen molar-refractivity contribution >= 4 is 47.5 Å². The summed E-state index contributed by atoms with van der Waals surface area (Å²) in [5.74, 6) is -4.35. The molecule has 0 radical (unpaired) electrons. The third-order valence-electron chi connectivity index (χ3n) is 12.8. The number of carbonyl (C=O) groups is 8. The summed E-state index contributed by atoms with van der Waals surface area (Å²) in [5.41, 5.74) is 3.24. The summed E-state index contributed by atoms with van der Waals surface area (Å²) < 4.78 is 20.2. The maximum absolute atomic E-state index is 14.0. The van der Waals surface area contributed by atoms with Crippen molar-refractivity contribution in [2.75, 3.05) is 107 Å². The molecule has 1 saturated heterocycles. The molecule has 0 bridgehead atoms. The van der Waals surface area contributed by atoms with Crippen LogP contribution in [0.15, 0.2) is 121 Å². The predicted octanol–water partition coefficient (Wildman–Crippen LogP) is 0.810. The van der Waals surface area contributed by atoms with Gasteiger partial charge in [0.2, 0.25) is 23.6 Å². The number of amides is 4. The molecule has 1 heterocycles. The van der Waals surface area contributed by atoms with E-state index in [1.54, 1.807) is 0 Å². The second-order valence-electron chi connectivity index (χ2n) is 18.4. The summed E-state index contributed by atoms with van der Waals surface area (Å²) in [6.07, 6.45) is 0.737.